The van der Waals surface area contributed by atoms with E-state index in [0.717, 1.165) is 19.3 Å². The van der Waals surface area contributed by atoms with E-state index < -0.39 is 5.82 Å². The van der Waals surface area contributed by atoms with Crippen LogP contribution in [0.25, 0.3) is 0 Å². The van der Waals surface area contributed by atoms with Crippen LogP contribution in [0.3, 0.4) is 0 Å². The Morgan fingerprint density at radius 3 is 2.75 bits per heavy atom. The molecule has 1 amide bonds. The first-order chi connectivity index (χ1) is 9.54. The van der Waals surface area contributed by atoms with Crippen molar-refractivity contribution >= 4 is 11.6 Å². The average Bonchev–Trinajstić information content (AvgIpc) is 2.35. The SMILES string of the molecule is Cc1cc(N)cc(C(=O)N(CCCO)C2CCC2)c1F. The van der Waals surface area contributed by atoms with Crippen molar-refractivity contribution in [2.24, 2.45) is 0 Å². The molecule has 110 valence electrons. The molecule has 0 saturated heterocycles. The van der Waals surface area contributed by atoms with Crippen LogP contribution in [0.2, 0.25) is 0 Å². The number of hydrogen-bond acceptors (Lipinski definition) is 3. The van der Waals surface area contributed by atoms with E-state index in [4.69, 9.17) is 10.8 Å². The lowest BCUT2D eigenvalue weighted by Crippen LogP contribution is -2.45. The van der Waals surface area contributed by atoms with Gasteiger partial charge in [0, 0.05) is 24.9 Å². The lowest BCUT2D eigenvalue weighted by Gasteiger charge is -2.37. The van der Waals surface area contributed by atoms with Crippen molar-refractivity contribution in [3.8, 4) is 0 Å². The highest BCUT2D eigenvalue weighted by atomic mass is 19.1. The fraction of sp³-hybridized carbons (Fsp3) is 0.533. The zero-order valence-corrected chi connectivity index (χ0v) is 11.7. The maximum Gasteiger partial charge on any atom is 0.257 e. The van der Waals surface area contributed by atoms with Crippen molar-refractivity contribution in [1.29, 1.82) is 0 Å². The Morgan fingerprint density at radius 2 is 2.20 bits per heavy atom. The molecule has 0 spiro atoms. The van der Waals surface area contributed by atoms with Crippen molar-refractivity contribution in [2.45, 2.75) is 38.6 Å². The second kappa shape index (κ2) is 6.22. The normalized spacial score (nSPS) is 14.9. The van der Waals surface area contributed by atoms with E-state index in [2.05, 4.69) is 0 Å². The molecular formula is C15H21FN2O2. The molecule has 0 aliphatic heterocycles. The third-order valence-corrected chi connectivity index (χ3v) is 3.84. The van der Waals surface area contributed by atoms with Crippen LogP contribution < -0.4 is 5.73 Å². The summed E-state index contributed by atoms with van der Waals surface area (Å²) in [4.78, 5) is 14.2. The topological polar surface area (TPSA) is 66.6 Å². The Balaban J connectivity index is 2.26. The minimum atomic E-state index is -0.502. The summed E-state index contributed by atoms with van der Waals surface area (Å²) in [6.45, 7) is 2.08. The minimum absolute atomic E-state index is 0.0228. The van der Waals surface area contributed by atoms with Gasteiger partial charge in [0.15, 0.2) is 0 Å². The van der Waals surface area contributed by atoms with Gasteiger partial charge in [-0.3, -0.25) is 4.79 Å². The van der Waals surface area contributed by atoms with Gasteiger partial charge < -0.3 is 15.7 Å². The number of carbonyl (C=O) groups is 1. The zero-order valence-electron chi connectivity index (χ0n) is 11.7. The summed E-state index contributed by atoms with van der Waals surface area (Å²) < 4.78 is 14.1. The summed E-state index contributed by atoms with van der Waals surface area (Å²) >= 11 is 0. The number of nitrogens with two attached hydrogens (primary N) is 1. The van der Waals surface area contributed by atoms with E-state index in [1.54, 1.807) is 11.8 Å². The van der Waals surface area contributed by atoms with Crippen molar-refractivity contribution in [1.82, 2.24) is 4.90 Å². The number of hydrogen-bond donors (Lipinski definition) is 2. The predicted octanol–water partition coefficient (Wildman–Crippen LogP) is 2.09. The molecule has 1 saturated carbocycles. The van der Waals surface area contributed by atoms with Gasteiger partial charge in [-0.05, 0) is 50.3 Å². The Kier molecular flexibility index (Phi) is 4.60. The number of benzene rings is 1. The largest absolute Gasteiger partial charge is 0.399 e. The van der Waals surface area contributed by atoms with E-state index in [1.807, 2.05) is 0 Å². The summed E-state index contributed by atoms with van der Waals surface area (Å²) in [5.41, 5.74) is 6.52. The lowest BCUT2D eigenvalue weighted by molar-refractivity contribution is 0.0557. The third kappa shape index (κ3) is 2.93. The van der Waals surface area contributed by atoms with Gasteiger partial charge in [-0.15, -0.1) is 0 Å². The summed E-state index contributed by atoms with van der Waals surface area (Å²) in [7, 11) is 0. The fourth-order valence-electron chi connectivity index (χ4n) is 2.50. The molecule has 1 aliphatic rings. The second-order valence-corrected chi connectivity index (χ2v) is 5.36. The molecule has 0 atom stereocenters. The van der Waals surface area contributed by atoms with Gasteiger partial charge in [0.1, 0.15) is 5.82 Å². The van der Waals surface area contributed by atoms with E-state index in [1.165, 1.54) is 12.1 Å². The van der Waals surface area contributed by atoms with Crippen molar-refractivity contribution in [2.75, 3.05) is 18.9 Å². The highest BCUT2D eigenvalue weighted by Gasteiger charge is 2.30. The first-order valence-corrected chi connectivity index (χ1v) is 7.02. The number of carbonyl (C=O) groups excluding carboxylic acids is 1. The quantitative estimate of drug-likeness (QED) is 0.812. The second-order valence-electron chi connectivity index (χ2n) is 5.36. The standard InChI is InChI=1S/C15H21FN2O2/c1-10-8-11(17)9-13(14(10)16)15(20)18(6-3-7-19)12-4-2-5-12/h8-9,12,19H,2-7,17H2,1H3. The predicted molar refractivity (Wildman–Crippen MR) is 75.9 cm³/mol. The Labute approximate surface area is 118 Å². The molecule has 2 rings (SSSR count). The Morgan fingerprint density at radius 1 is 1.50 bits per heavy atom. The molecule has 1 aliphatic carbocycles. The first-order valence-electron chi connectivity index (χ1n) is 7.02. The number of amides is 1. The number of nitrogen functional groups attached to an aromatic ring is 1. The van der Waals surface area contributed by atoms with Crippen LogP contribution in [-0.4, -0.2) is 35.1 Å². The highest BCUT2D eigenvalue weighted by Crippen LogP contribution is 2.28. The van der Waals surface area contributed by atoms with Gasteiger partial charge in [-0.25, -0.2) is 4.39 Å². The molecule has 0 aromatic heterocycles. The van der Waals surface area contributed by atoms with Gasteiger partial charge in [-0.1, -0.05) is 0 Å². The molecule has 0 bridgehead atoms. The van der Waals surface area contributed by atoms with Crippen LogP contribution in [0.15, 0.2) is 12.1 Å². The van der Waals surface area contributed by atoms with Crippen LogP contribution >= 0.6 is 0 Å². The number of rotatable bonds is 5. The molecule has 1 aromatic rings. The maximum absolute atomic E-state index is 14.1. The average molecular weight is 280 g/mol. The molecule has 4 nitrogen and oxygen atoms in total. The van der Waals surface area contributed by atoms with Gasteiger partial charge in [-0.2, -0.15) is 0 Å². The monoisotopic (exact) mass is 280 g/mol. The van der Waals surface area contributed by atoms with Gasteiger partial charge in [0.25, 0.3) is 5.91 Å². The lowest BCUT2D eigenvalue weighted by atomic mass is 9.90. The minimum Gasteiger partial charge on any atom is -0.399 e. The van der Waals surface area contributed by atoms with Gasteiger partial charge in [0.2, 0.25) is 0 Å². The van der Waals surface area contributed by atoms with Crippen LogP contribution in [0.5, 0.6) is 0 Å². The summed E-state index contributed by atoms with van der Waals surface area (Å²) in [5.74, 6) is -0.825. The molecule has 5 heteroatoms. The van der Waals surface area contributed by atoms with Crippen LogP contribution in [0, 0.1) is 12.7 Å². The number of aryl methyl sites for hydroxylation is 1. The molecule has 0 heterocycles. The molecule has 1 fully saturated rings. The highest BCUT2D eigenvalue weighted by molar-refractivity contribution is 5.96. The van der Waals surface area contributed by atoms with Crippen molar-refractivity contribution in [3.05, 3.63) is 29.1 Å². The van der Waals surface area contributed by atoms with Crippen molar-refractivity contribution in [3.63, 3.8) is 0 Å². The van der Waals surface area contributed by atoms with E-state index in [0.29, 0.717) is 24.2 Å². The van der Waals surface area contributed by atoms with Gasteiger partial charge in [0.05, 0.1) is 5.56 Å². The number of halogens is 1. The van der Waals surface area contributed by atoms with Crippen LogP contribution in [0.1, 0.15) is 41.6 Å². The Bertz CT molecular complexity index is 501. The molecule has 20 heavy (non-hydrogen) atoms. The number of anilines is 1. The first kappa shape index (κ1) is 14.8. The number of nitrogens with zero attached hydrogens (tertiary/aromatic N) is 1. The molecule has 1 aromatic carbocycles. The summed E-state index contributed by atoms with van der Waals surface area (Å²) in [6, 6.07) is 3.08. The number of aliphatic hydroxyl groups excluding tert-OH is 1. The molecule has 0 radical (unpaired) electrons. The van der Waals surface area contributed by atoms with Gasteiger partial charge >= 0.3 is 0 Å². The third-order valence-electron chi connectivity index (χ3n) is 3.84. The molecular weight excluding hydrogens is 259 g/mol. The van der Waals surface area contributed by atoms with E-state index >= 15 is 0 Å². The molecule has 3 N–H and O–H groups in total. The van der Waals surface area contributed by atoms with Crippen LogP contribution in [-0.2, 0) is 0 Å². The van der Waals surface area contributed by atoms with E-state index in [-0.39, 0.29) is 24.1 Å². The maximum atomic E-state index is 14.1. The fourth-order valence-corrected chi connectivity index (χ4v) is 2.50. The Hall–Kier alpha value is -1.62. The molecule has 0 unspecified atom stereocenters. The summed E-state index contributed by atoms with van der Waals surface area (Å²) in [5, 5.41) is 8.95. The van der Waals surface area contributed by atoms with Crippen molar-refractivity contribution < 1.29 is 14.3 Å². The van der Waals surface area contributed by atoms with E-state index in [9.17, 15) is 9.18 Å². The zero-order chi connectivity index (χ0) is 14.7. The van der Waals surface area contributed by atoms with Crippen LogP contribution in [0.4, 0.5) is 10.1 Å². The number of aliphatic hydroxyl groups is 1. The smallest absolute Gasteiger partial charge is 0.257 e. The summed E-state index contributed by atoms with van der Waals surface area (Å²) in [6.07, 6.45) is 3.48.